The summed E-state index contributed by atoms with van der Waals surface area (Å²) in [5, 5.41) is 9.96. The highest BCUT2D eigenvalue weighted by Crippen LogP contribution is 2.25. The zero-order valence-corrected chi connectivity index (χ0v) is 19.2. The lowest BCUT2D eigenvalue weighted by Crippen LogP contribution is -2.64. The smallest absolute Gasteiger partial charge is 0.0647 e. The van der Waals surface area contributed by atoms with E-state index in [1.807, 2.05) is 6.92 Å². The summed E-state index contributed by atoms with van der Waals surface area (Å²) in [4.78, 5) is 10.3. The van der Waals surface area contributed by atoms with Crippen molar-refractivity contribution in [2.75, 3.05) is 39.8 Å². The van der Waals surface area contributed by atoms with Crippen molar-refractivity contribution in [1.29, 1.82) is 0 Å². The lowest BCUT2D eigenvalue weighted by atomic mass is 10.1. The Morgan fingerprint density at radius 2 is 1.00 bits per heavy atom. The topological polar surface area (TPSA) is 33.2 Å². The van der Waals surface area contributed by atoms with Crippen LogP contribution < -0.4 is 0 Å². The molecule has 0 bridgehead atoms. The molecule has 0 aromatic heterocycles. The molecule has 0 aliphatic carbocycles. The Hall–Kier alpha value is -0.200. The zero-order valence-electron chi connectivity index (χ0n) is 19.2. The first kappa shape index (κ1) is 25.8. The number of likely N-dealkylation sites (N-methyl/N-ethyl adjacent to an activating group) is 1. The molecule has 5 heteroatoms. The van der Waals surface area contributed by atoms with Gasteiger partial charge in [-0.25, -0.2) is 0 Å². The number of aliphatic hydroxyl groups is 1. The van der Waals surface area contributed by atoms with Crippen LogP contribution in [0.2, 0.25) is 0 Å². The van der Waals surface area contributed by atoms with E-state index in [-0.39, 0.29) is 6.10 Å². The molecule has 0 aliphatic rings. The summed E-state index contributed by atoms with van der Waals surface area (Å²) in [6.07, 6.45) is 4.11. The molecule has 0 aromatic rings. The van der Waals surface area contributed by atoms with Gasteiger partial charge in [0.25, 0.3) is 0 Å². The van der Waals surface area contributed by atoms with Crippen molar-refractivity contribution < 1.29 is 5.11 Å². The van der Waals surface area contributed by atoms with E-state index in [2.05, 4.69) is 75.1 Å². The van der Waals surface area contributed by atoms with Gasteiger partial charge in [-0.2, -0.15) is 0 Å². The van der Waals surface area contributed by atoms with Crippen LogP contribution in [0.5, 0.6) is 0 Å². The summed E-state index contributed by atoms with van der Waals surface area (Å²) >= 11 is 0. The van der Waals surface area contributed by atoms with Crippen molar-refractivity contribution in [2.45, 2.75) is 99.3 Å². The monoisotopic (exact) mass is 372 g/mol. The number of hydrogen-bond donors (Lipinski definition) is 1. The van der Waals surface area contributed by atoms with Gasteiger partial charge in [0.2, 0.25) is 0 Å². The van der Waals surface area contributed by atoms with Gasteiger partial charge >= 0.3 is 0 Å². The van der Waals surface area contributed by atoms with Crippen LogP contribution in [0.25, 0.3) is 0 Å². The zero-order chi connectivity index (χ0) is 20.3. The minimum absolute atomic E-state index is 0.307. The second-order valence-corrected chi connectivity index (χ2v) is 7.34. The van der Waals surface area contributed by atoms with Gasteiger partial charge in [-0.3, -0.25) is 19.6 Å². The van der Waals surface area contributed by atoms with Gasteiger partial charge in [0.15, 0.2) is 0 Å². The fourth-order valence-corrected chi connectivity index (χ4v) is 4.49. The minimum Gasteiger partial charge on any atom is -0.392 e. The van der Waals surface area contributed by atoms with Crippen molar-refractivity contribution >= 4 is 0 Å². The average Bonchev–Trinajstić information content (AvgIpc) is 2.62. The molecule has 4 unspecified atom stereocenters. The molecule has 0 spiro atoms. The fraction of sp³-hybridized carbons (Fsp3) is 1.00. The van der Waals surface area contributed by atoms with E-state index < -0.39 is 0 Å². The summed E-state index contributed by atoms with van der Waals surface area (Å²) < 4.78 is 0. The van der Waals surface area contributed by atoms with E-state index in [0.29, 0.717) is 25.0 Å². The van der Waals surface area contributed by atoms with Crippen LogP contribution in [-0.2, 0) is 0 Å². The highest BCUT2D eigenvalue weighted by atomic mass is 16.3. The molecule has 0 fully saturated rings. The molecule has 5 nitrogen and oxygen atoms in total. The Morgan fingerprint density at radius 1 is 0.654 bits per heavy atom. The first-order chi connectivity index (χ1) is 12.4. The summed E-state index contributed by atoms with van der Waals surface area (Å²) in [6.45, 7) is 22.8. The maximum absolute atomic E-state index is 9.96. The standard InChI is InChI=1S/C21H48N4O/c1-10-19(22(9)17-18(8)26)25(20(11-2)23(13-4)14-5)21(12-3)24(15-6)16-7/h18-21,26H,10-17H2,1-9H3. The third-order valence-electron chi connectivity index (χ3n) is 5.66. The van der Waals surface area contributed by atoms with Crippen molar-refractivity contribution in [3.05, 3.63) is 0 Å². The molecule has 26 heavy (non-hydrogen) atoms. The predicted molar refractivity (Wildman–Crippen MR) is 114 cm³/mol. The molecule has 0 aromatic carbocycles. The maximum atomic E-state index is 9.96. The van der Waals surface area contributed by atoms with Gasteiger partial charge in [-0.05, 0) is 59.4 Å². The maximum Gasteiger partial charge on any atom is 0.0647 e. The van der Waals surface area contributed by atoms with Gasteiger partial charge in [0.05, 0.1) is 24.6 Å². The molecular formula is C21H48N4O. The summed E-state index contributed by atoms with van der Waals surface area (Å²) in [5.74, 6) is 0. The average molecular weight is 373 g/mol. The Labute approximate surface area is 164 Å². The highest BCUT2D eigenvalue weighted by molar-refractivity contribution is 4.84. The first-order valence-corrected chi connectivity index (χ1v) is 11.0. The second-order valence-electron chi connectivity index (χ2n) is 7.34. The second kappa shape index (κ2) is 13.9. The molecule has 0 heterocycles. The van der Waals surface area contributed by atoms with E-state index in [1.54, 1.807) is 0 Å². The molecule has 0 radical (unpaired) electrons. The van der Waals surface area contributed by atoms with E-state index in [4.69, 9.17) is 0 Å². The molecule has 4 atom stereocenters. The Kier molecular flexibility index (Phi) is 13.8. The molecule has 0 saturated heterocycles. The van der Waals surface area contributed by atoms with E-state index in [0.717, 1.165) is 45.4 Å². The molecule has 1 N–H and O–H groups in total. The van der Waals surface area contributed by atoms with Gasteiger partial charge in [0.1, 0.15) is 0 Å². The van der Waals surface area contributed by atoms with Gasteiger partial charge < -0.3 is 5.11 Å². The van der Waals surface area contributed by atoms with Crippen LogP contribution in [0.15, 0.2) is 0 Å². The quantitative estimate of drug-likeness (QED) is 0.445. The lowest BCUT2D eigenvalue weighted by molar-refractivity contribution is -0.116. The molecule has 0 aliphatic heterocycles. The van der Waals surface area contributed by atoms with Crippen molar-refractivity contribution in [1.82, 2.24) is 19.6 Å². The SMILES string of the molecule is CCC(N(C)CC(C)O)N(C(CC)N(CC)CC)C(CC)N(CC)CC. The number of rotatable bonds is 15. The Balaban J connectivity index is 6.02. The van der Waals surface area contributed by atoms with Gasteiger partial charge in [-0.1, -0.05) is 48.5 Å². The number of hydrogen-bond acceptors (Lipinski definition) is 5. The van der Waals surface area contributed by atoms with E-state index in [9.17, 15) is 5.11 Å². The van der Waals surface area contributed by atoms with E-state index in [1.165, 1.54) is 0 Å². The molecular weight excluding hydrogens is 324 g/mol. The Morgan fingerprint density at radius 3 is 1.23 bits per heavy atom. The molecule has 0 rings (SSSR count). The first-order valence-electron chi connectivity index (χ1n) is 11.0. The molecule has 0 amide bonds. The van der Waals surface area contributed by atoms with Crippen LogP contribution in [0.3, 0.4) is 0 Å². The summed E-state index contributed by atoms with van der Waals surface area (Å²) in [5.41, 5.74) is 0. The third-order valence-corrected chi connectivity index (χ3v) is 5.66. The number of aliphatic hydroxyl groups excluding tert-OH is 1. The van der Waals surface area contributed by atoms with Gasteiger partial charge in [-0.15, -0.1) is 0 Å². The van der Waals surface area contributed by atoms with Crippen LogP contribution in [-0.4, -0.2) is 89.1 Å². The number of nitrogens with zero attached hydrogens (tertiary/aromatic N) is 4. The van der Waals surface area contributed by atoms with Crippen molar-refractivity contribution in [3.8, 4) is 0 Å². The third kappa shape index (κ3) is 7.08. The summed E-state index contributed by atoms with van der Waals surface area (Å²) in [7, 11) is 2.16. The predicted octanol–water partition coefficient (Wildman–Crippen LogP) is 3.49. The van der Waals surface area contributed by atoms with Crippen LogP contribution in [0.1, 0.15) is 74.7 Å². The summed E-state index contributed by atoms with van der Waals surface area (Å²) in [6, 6.07) is 0. The van der Waals surface area contributed by atoms with Crippen LogP contribution in [0, 0.1) is 0 Å². The normalized spacial score (nSPS) is 17.3. The van der Waals surface area contributed by atoms with Crippen LogP contribution >= 0.6 is 0 Å². The largest absolute Gasteiger partial charge is 0.392 e. The van der Waals surface area contributed by atoms with Gasteiger partial charge in [0, 0.05) is 6.54 Å². The minimum atomic E-state index is -0.307. The molecule has 0 saturated carbocycles. The Bertz CT molecular complexity index is 312. The van der Waals surface area contributed by atoms with Crippen molar-refractivity contribution in [2.24, 2.45) is 0 Å². The fourth-order valence-electron chi connectivity index (χ4n) is 4.49. The lowest BCUT2D eigenvalue weighted by Gasteiger charge is -2.52. The van der Waals surface area contributed by atoms with Crippen LogP contribution in [0.4, 0.5) is 0 Å². The highest BCUT2D eigenvalue weighted by Gasteiger charge is 2.36. The van der Waals surface area contributed by atoms with Crippen molar-refractivity contribution in [3.63, 3.8) is 0 Å². The van der Waals surface area contributed by atoms with E-state index >= 15 is 0 Å². The molecule has 158 valence electrons.